The molecular formula is C12H20N2. The Labute approximate surface area is 87.3 Å². The highest BCUT2D eigenvalue weighted by molar-refractivity contribution is 5.73. The number of allylic oxidation sites excluding steroid dienone is 4. The molecule has 0 aromatic heterocycles. The predicted molar refractivity (Wildman–Crippen MR) is 64.5 cm³/mol. The Hall–Kier alpha value is -1.31. The molecule has 0 aliphatic carbocycles. The molecule has 0 aromatic rings. The number of nitrogens with zero attached hydrogens (tertiary/aromatic N) is 2. The third kappa shape index (κ3) is 7.35. The normalized spacial score (nSPS) is 13.6. The van der Waals surface area contributed by atoms with Gasteiger partial charge < -0.3 is 4.90 Å². The van der Waals surface area contributed by atoms with Crippen LogP contribution in [-0.2, 0) is 0 Å². The summed E-state index contributed by atoms with van der Waals surface area (Å²) < 4.78 is 0. The summed E-state index contributed by atoms with van der Waals surface area (Å²) in [6.07, 6.45) is 11.6. The van der Waals surface area contributed by atoms with Crippen molar-refractivity contribution in [2.75, 3.05) is 13.6 Å². The summed E-state index contributed by atoms with van der Waals surface area (Å²) >= 11 is 0. The summed E-state index contributed by atoms with van der Waals surface area (Å²) in [5, 5.41) is 0. The van der Waals surface area contributed by atoms with E-state index in [4.69, 9.17) is 0 Å². The van der Waals surface area contributed by atoms with Crippen LogP contribution in [0.25, 0.3) is 0 Å². The lowest BCUT2D eigenvalue weighted by molar-refractivity contribution is 0.483. The maximum Gasteiger partial charge on any atom is 0.0426 e. The Morgan fingerprint density at radius 1 is 1.43 bits per heavy atom. The highest BCUT2D eigenvalue weighted by atomic mass is 15.1. The van der Waals surface area contributed by atoms with Gasteiger partial charge in [-0.05, 0) is 32.4 Å². The van der Waals surface area contributed by atoms with Crippen LogP contribution in [-0.4, -0.2) is 24.7 Å². The Kier molecular flexibility index (Phi) is 7.52. The second kappa shape index (κ2) is 8.30. The average Bonchev–Trinajstić information content (AvgIpc) is 2.17. The molecule has 0 atom stereocenters. The molecule has 0 heterocycles. The molecule has 78 valence electrons. The first-order valence-electron chi connectivity index (χ1n) is 4.90. The lowest BCUT2D eigenvalue weighted by Gasteiger charge is -2.07. The van der Waals surface area contributed by atoms with Crippen molar-refractivity contribution in [3.8, 4) is 0 Å². The first-order valence-corrected chi connectivity index (χ1v) is 4.90. The van der Waals surface area contributed by atoms with Crippen LogP contribution in [0.5, 0.6) is 0 Å². The molecule has 0 aromatic carbocycles. The van der Waals surface area contributed by atoms with Crippen molar-refractivity contribution in [3.63, 3.8) is 0 Å². The molecule has 0 unspecified atom stereocenters. The van der Waals surface area contributed by atoms with Crippen molar-refractivity contribution in [3.05, 3.63) is 36.2 Å². The van der Waals surface area contributed by atoms with Gasteiger partial charge in [-0.3, -0.25) is 4.99 Å². The summed E-state index contributed by atoms with van der Waals surface area (Å²) in [5.41, 5.74) is 1.20. The Morgan fingerprint density at radius 3 is 2.71 bits per heavy atom. The van der Waals surface area contributed by atoms with Crippen molar-refractivity contribution in [1.29, 1.82) is 0 Å². The Balaban J connectivity index is 3.95. The minimum absolute atomic E-state index is 0.999. The van der Waals surface area contributed by atoms with Gasteiger partial charge >= 0.3 is 0 Å². The minimum atomic E-state index is 0.999. The smallest absolute Gasteiger partial charge is 0.0426 e. The molecule has 0 N–H and O–H groups in total. The van der Waals surface area contributed by atoms with Crippen LogP contribution < -0.4 is 0 Å². The lowest BCUT2D eigenvalue weighted by Crippen LogP contribution is -2.07. The van der Waals surface area contributed by atoms with E-state index in [0.29, 0.717) is 0 Å². The van der Waals surface area contributed by atoms with E-state index in [1.165, 1.54) is 5.57 Å². The third-order valence-electron chi connectivity index (χ3n) is 1.76. The summed E-state index contributed by atoms with van der Waals surface area (Å²) in [6, 6.07) is 0. The van der Waals surface area contributed by atoms with E-state index in [1.807, 2.05) is 45.3 Å². The fourth-order valence-electron chi connectivity index (χ4n) is 0.786. The van der Waals surface area contributed by atoms with E-state index in [9.17, 15) is 0 Å². The van der Waals surface area contributed by atoms with Gasteiger partial charge in [-0.15, -0.1) is 0 Å². The maximum atomic E-state index is 4.12. The fraction of sp³-hybridized carbons (Fsp3) is 0.417. The zero-order valence-electron chi connectivity index (χ0n) is 9.57. The zero-order chi connectivity index (χ0) is 10.8. The number of hydrogen-bond donors (Lipinski definition) is 0. The SMILES string of the molecule is C\C=C/C(C)=C/C=N/C=C\N(C)CC. The highest BCUT2D eigenvalue weighted by Gasteiger charge is 1.79. The first kappa shape index (κ1) is 12.7. The molecule has 14 heavy (non-hydrogen) atoms. The van der Waals surface area contributed by atoms with Crippen LogP contribution in [0, 0.1) is 0 Å². The molecule has 2 nitrogen and oxygen atoms in total. The summed E-state index contributed by atoms with van der Waals surface area (Å²) in [5.74, 6) is 0. The molecule has 0 saturated carbocycles. The molecule has 0 rings (SSSR count). The van der Waals surface area contributed by atoms with Crippen molar-refractivity contribution < 1.29 is 0 Å². The van der Waals surface area contributed by atoms with Crippen molar-refractivity contribution in [1.82, 2.24) is 4.90 Å². The molecule has 0 fully saturated rings. The van der Waals surface area contributed by atoms with E-state index in [-0.39, 0.29) is 0 Å². The fourth-order valence-corrected chi connectivity index (χ4v) is 0.786. The largest absolute Gasteiger partial charge is 0.379 e. The van der Waals surface area contributed by atoms with Gasteiger partial charge in [0, 0.05) is 32.2 Å². The molecule has 0 amide bonds. The van der Waals surface area contributed by atoms with Crippen molar-refractivity contribution in [2.45, 2.75) is 20.8 Å². The van der Waals surface area contributed by atoms with E-state index < -0.39 is 0 Å². The van der Waals surface area contributed by atoms with Crippen molar-refractivity contribution in [2.24, 2.45) is 4.99 Å². The standard InChI is InChI=1S/C12H20N2/c1-5-7-12(3)8-9-13-10-11-14(4)6-2/h5,7-11H,6H2,1-4H3/b7-5-,11-10-,12-8+,13-9+. The van der Waals surface area contributed by atoms with E-state index in [2.05, 4.69) is 16.8 Å². The van der Waals surface area contributed by atoms with Crippen molar-refractivity contribution >= 4 is 6.21 Å². The molecule has 0 aliphatic heterocycles. The molecule has 0 saturated heterocycles. The van der Waals surface area contributed by atoms with Crippen LogP contribution in [0.1, 0.15) is 20.8 Å². The Bertz CT molecular complexity index is 247. The highest BCUT2D eigenvalue weighted by Crippen LogP contribution is 1.92. The minimum Gasteiger partial charge on any atom is -0.379 e. The van der Waals surface area contributed by atoms with Gasteiger partial charge in [-0.1, -0.05) is 12.2 Å². The second-order valence-electron chi connectivity index (χ2n) is 3.08. The van der Waals surface area contributed by atoms with E-state index in [1.54, 1.807) is 12.4 Å². The van der Waals surface area contributed by atoms with Crippen LogP contribution >= 0.6 is 0 Å². The van der Waals surface area contributed by atoms with Crippen LogP contribution in [0.15, 0.2) is 41.2 Å². The van der Waals surface area contributed by atoms with Crippen LogP contribution in [0.3, 0.4) is 0 Å². The molecular weight excluding hydrogens is 172 g/mol. The predicted octanol–water partition coefficient (Wildman–Crippen LogP) is 3.00. The topological polar surface area (TPSA) is 15.6 Å². The summed E-state index contributed by atoms with van der Waals surface area (Å²) in [7, 11) is 2.02. The van der Waals surface area contributed by atoms with Gasteiger partial charge in [0.05, 0.1) is 0 Å². The number of rotatable bonds is 5. The lowest BCUT2D eigenvalue weighted by atomic mass is 10.3. The third-order valence-corrected chi connectivity index (χ3v) is 1.76. The first-order chi connectivity index (χ1) is 6.70. The maximum absolute atomic E-state index is 4.12. The average molecular weight is 192 g/mol. The Morgan fingerprint density at radius 2 is 2.14 bits per heavy atom. The number of hydrogen-bond acceptors (Lipinski definition) is 2. The van der Waals surface area contributed by atoms with E-state index >= 15 is 0 Å². The second-order valence-corrected chi connectivity index (χ2v) is 3.08. The van der Waals surface area contributed by atoms with E-state index in [0.717, 1.165) is 6.54 Å². The van der Waals surface area contributed by atoms with Crippen LogP contribution in [0.4, 0.5) is 0 Å². The molecule has 0 radical (unpaired) electrons. The van der Waals surface area contributed by atoms with Gasteiger partial charge in [0.1, 0.15) is 0 Å². The summed E-state index contributed by atoms with van der Waals surface area (Å²) in [4.78, 5) is 6.19. The molecule has 0 bridgehead atoms. The molecule has 0 spiro atoms. The zero-order valence-corrected chi connectivity index (χ0v) is 9.57. The monoisotopic (exact) mass is 192 g/mol. The quantitative estimate of drug-likeness (QED) is 0.483. The molecule has 2 heteroatoms. The summed E-state index contributed by atoms with van der Waals surface area (Å²) in [6.45, 7) is 7.15. The molecule has 0 aliphatic rings. The van der Waals surface area contributed by atoms with Crippen LogP contribution in [0.2, 0.25) is 0 Å². The van der Waals surface area contributed by atoms with Gasteiger partial charge in [0.2, 0.25) is 0 Å². The van der Waals surface area contributed by atoms with Gasteiger partial charge in [0.15, 0.2) is 0 Å². The number of aliphatic imine (C=N–C) groups is 1. The van der Waals surface area contributed by atoms with Gasteiger partial charge in [-0.2, -0.15) is 0 Å². The van der Waals surface area contributed by atoms with Gasteiger partial charge in [-0.25, -0.2) is 0 Å². The van der Waals surface area contributed by atoms with Gasteiger partial charge in [0.25, 0.3) is 0 Å².